The second-order valence-electron chi connectivity index (χ2n) is 3.22. The summed E-state index contributed by atoms with van der Waals surface area (Å²) in [7, 11) is -2.80. The zero-order valence-corrected chi connectivity index (χ0v) is 11.6. The van der Waals surface area contributed by atoms with E-state index in [-0.39, 0.29) is 5.97 Å². The van der Waals surface area contributed by atoms with Crippen LogP contribution >= 0.6 is 0 Å². The fourth-order valence-corrected chi connectivity index (χ4v) is 3.82. The van der Waals surface area contributed by atoms with Crippen LogP contribution in [0.5, 0.6) is 0 Å². The summed E-state index contributed by atoms with van der Waals surface area (Å²) in [6.45, 7) is 8.53. The molecule has 0 fully saturated rings. The summed E-state index contributed by atoms with van der Waals surface area (Å²) in [5.74, 6) is -0.385. The third-order valence-electron chi connectivity index (χ3n) is 1.84. The third kappa shape index (κ3) is 5.44. The summed E-state index contributed by atoms with van der Waals surface area (Å²) >= 11 is 0. The summed E-state index contributed by atoms with van der Waals surface area (Å²) in [6, 6.07) is 0.665. The third-order valence-corrected chi connectivity index (χ3v) is 4.93. The van der Waals surface area contributed by atoms with Gasteiger partial charge in [0.2, 0.25) is 0 Å². The molecular weight excluding hydrogens is 224 g/mol. The molecule has 0 aliphatic rings. The van der Waals surface area contributed by atoms with Crippen LogP contribution in [0.15, 0.2) is 12.2 Å². The van der Waals surface area contributed by atoms with E-state index in [0.29, 0.717) is 19.3 Å². The average molecular weight is 246 g/mol. The molecular formula is C11H22O4Si. The van der Waals surface area contributed by atoms with Gasteiger partial charge in [-0.3, -0.25) is 0 Å². The Morgan fingerprint density at radius 3 is 2.12 bits per heavy atom. The Balaban J connectivity index is 4.64. The number of carbonyl (C=O) groups excluding carboxylic acids is 1. The fourth-order valence-electron chi connectivity index (χ4n) is 1.37. The Kier molecular flexibility index (Phi) is 8.15. The first kappa shape index (κ1) is 15.3. The smallest absolute Gasteiger partial charge is 0.470 e. The zero-order chi connectivity index (χ0) is 12.4. The summed E-state index contributed by atoms with van der Waals surface area (Å²) in [6.07, 6.45) is 3.90. The first-order valence-electron chi connectivity index (χ1n) is 5.77. The van der Waals surface area contributed by atoms with Crippen molar-refractivity contribution < 1.29 is 18.1 Å². The van der Waals surface area contributed by atoms with Crippen LogP contribution in [0.1, 0.15) is 34.1 Å². The van der Waals surface area contributed by atoms with E-state index in [1.807, 2.05) is 20.8 Å². The Morgan fingerprint density at radius 1 is 1.19 bits per heavy atom. The molecule has 0 aliphatic carbocycles. The van der Waals surface area contributed by atoms with Crippen LogP contribution in [0, 0.1) is 0 Å². The van der Waals surface area contributed by atoms with Crippen molar-refractivity contribution in [3.63, 3.8) is 0 Å². The SMILES string of the molecule is CC=CC(=O)O[Si](CCC)(OCC)OCC. The molecule has 0 radical (unpaired) electrons. The van der Waals surface area contributed by atoms with Gasteiger partial charge in [-0.1, -0.05) is 19.4 Å². The quantitative estimate of drug-likeness (QED) is 0.487. The Labute approximate surface area is 99.0 Å². The van der Waals surface area contributed by atoms with E-state index in [1.165, 1.54) is 6.08 Å². The average Bonchev–Trinajstić information content (AvgIpc) is 2.18. The number of allylic oxidation sites excluding steroid dienone is 1. The first-order valence-corrected chi connectivity index (χ1v) is 7.70. The predicted molar refractivity (Wildman–Crippen MR) is 65.0 cm³/mol. The van der Waals surface area contributed by atoms with Gasteiger partial charge in [0.1, 0.15) is 0 Å². The van der Waals surface area contributed by atoms with Gasteiger partial charge >= 0.3 is 14.8 Å². The van der Waals surface area contributed by atoms with Crippen LogP contribution < -0.4 is 0 Å². The van der Waals surface area contributed by atoms with Gasteiger partial charge in [-0.05, 0) is 20.8 Å². The molecule has 0 aliphatic heterocycles. The highest BCUT2D eigenvalue weighted by atomic mass is 28.4. The molecule has 0 N–H and O–H groups in total. The number of hydrogen-bond donors (Lipinski definition) is 0. The molecule has 94 valence electrons. The Bertz CT molecular complexity index is 211. The number of rotatable bonds is 8. The highest BCUT2D eigenvalue weighted by Crippen LogP contribution is 2.18. The topological polar surface area (TPSA) is 44.8 Å². The van der Waals surface area contributed by atoms with Crippen LogP contribution in [0.2, 0.25) is 6.04 Å². The Hall–Kier alpha value is -0.653. The summed E-state index contributed by atoms with van der Waals surface area (Å²) in [5.41, 5.74) is 0. The maximum Gasteiger partial charge on any atom is 0.568 e. The van der Waals surface area contributed by atoms with Crippen LogP contribution in [0.25, 0.3) is 0 Å². The van der Waals surface area contributed by atoms with E-state index in [9.17, 15) is 4.79 Å². The molecule has 0 atom stereocenters. The zero-order valence-electron chi connectivity index (χ0n) is 10.6. The van der Waals surface area contributed by atoms with Crippen molar-refractivity contribution in [2.45, 2.75) is 40.2 Å². The van der Waals surface area contributed by atoms with Gasteiger partial charge in [0, 0.05) is 25.3 Å². The minimum atomic E-state index is -2.80. The maximum absolute atomic E-state index is 11.4. The molecule has 0 bridgehead atoms. The molecule has 0 aromatic carbocycles. The molecule has 0 unspecified atom stereocenters. The van der Waals surface area contributed by atoms with Crippen molar-refractivity contribution >= 4 is 14.8 Å². The van der Waals surface area contributed by atoms with Crippen molar-refractivity contribution in [1.29, 1.82) is 0 Å². The van der Waals surface area contributed by atoms with Gasteiger partial charge in [0.25, 0.3) is 0 Å². The number of carbonyl (C=O) groups is 1. The Morgan fingerprint density at radius 2 is 1.75 bits per heavy atom. The minimum Gasteiger partial charge on any atom is -0.470 e. The molecule has 4 nitrogen and oxygen atoms in total. The highest BCUT2D eigenvalue weighted by Gasteiger charge is 2.43. The number of hydrogen-bond acceptors (Lipinski definition) is 4. The summed E-state index contributed by atoms with van der Waals surface area (Å²) in [4.78, 5) is 11.4. The minimum absolute atomic E-state index is 0.385. The predicted octanol–water partition coefficient (Wildman–Crippen LogP) is 2.53. The van der Waals surface area contributed by atoms with E-state index in [0.717, 1.165) is 6.42 Å². The molecule has 0 rings (SSSR count). The first-order chi connectivity index (χ1) is 7.64. The van der Waals surface area contributed by atoms with E-state index in [1.54, 1.807) is 13.0 Å². The maximum atomic E-state index is 11.4. The van der Waals surface area contributed by atoms with Crippen LogP contribution in [0.3, 0.4) is 0 Å². The lowest BCUT2D eigenvalue weighted by Crippen LogP contribution is -2.47. The second-order valence-corrected chi connectivity index (χ2v) is 5.87. The summed E-state index contributed by atoms with van der Waals surface area (Å²) in [5, 5.41) is 0. The van der Waals surface area contributed by atoms with Gasteiger partial charge in [-0.25, -0.2) is 4.79 Å². The molecule has 16 heavy (non-hydrogen) atoms. The molecule has 0 saturated carbocycles. The van der Waals surface area contributed by atoms with Crippen molar-refractivity contribution in [3.8, 4) is 0 Å². The standard InChI is InChI=1S/C11H22O4Si/c1-5-9-11(12)15-16(10-6-2,13-7-3)14-8-4/h5,9H,6-8,10H2,1-4H3. The molecule has 5 heteroatoms. The van der Waals surface area contributed by atoms with E-state index >= 15 is 0 Å². The van der Waals surface area contributed by atoms with Crippen molar-refractivity contribution in [2.24, 2.45) is 0 Å². The lowest BCUT2D eigenvalue weighted by Gasteiger charge is -2.27. The lowest BCUT2D eigenvalue weighted by molar-refractivity contribution is -0.133. The highest BCUT2D eigenvalue weighted by molar-refractivity contribution is 6.62. The van der Waals surface area contributed by atoms with Crippen molar-refractivity contribution in [3.05, 3.63) is 12.2 Å². The normalized spacial score (nSPS) is 12.0. The molecule has 0 spiro atoms. The molecule has 0 aromatic heterocycles. The molecule has 0 amide bonds. The fraction of sp³-hybridized carbons (Fsp3) is 0.727. The van der Waals surface area contributed by atoms with Crippen LogP contribution in [-0.2, 0) is 18.1 Å². The van der Waals surface area contributed by atoms with Gasteiger partial charge in [0.05, 0.1) is 0 Å². The monoisotopic (exact) mass is 246 g/mol. The molecule has 0 heterocycles. The van der Waals surface area contributed by atoms with Gasteiger partial charge in [-0.15, -0.1) is 0 Å². The van der Waals surface area contributed by atoms with E-state index in [4.69, 9.17) is 13.3 Å². The van der Waals surface area contributed by atoms with E-state index < -0.39 is 8.80 Å². The molecule has 0 aromatic rings. The van der Waals surface area contributed by atoms with E-state index in [2.05, 4.69) is 0 Å². The lowest BCUT2D eigenvalue weighted by atomic mass is 10.5. The van der Waals surface area contributed by atoms with Crippen molar-refractivity contribution in [1.82, 2.24) is 0 Å². The van der Waals surface area contributed by atoms with Crippen molar-refractivity contribution in [2.75, 3.05) is 13.2 Å². The summed E-state index contributed by atoms with van der Waals surface area (Å²) < 4.78 is 16.5. The largest absolute Gasteiger partial charge is 0.568 e. The van der Waals surface area contributed by atoms with Crippen LogP contribution in [0.4, 0.5) is 0 Å². The van der Waals surface area contributed by atoms with Gasteiger partial charge in [0.15, 0.2) is 0 Å². The van der Waals surface area contributed by atoms with Gasteiger partial charge in [-0.2, -0.15) is 0 Å². The van der Waals surface area contributed by atoms with Gasteiger partial charge < -0.3 is 13.3 Å². The second kappa shape index (κ2) is 8.49. The van der Waals surface area contributed by atoms with Crippen LogP contribution in [-0.4, -0.2) is 28.0 Å². The molecule has 0 saturated heterocycles.